The molecule has 0 radical (unpaired) electrons. The van der Waals surface area contributed by atoms with Crippen LogP contribution in [0.4, 0.5) is 18.3 Å². The largest absolute Gasteiger partial charge is 0.434 e. The van der Waals surface area contributed by atoms with Gasteiger partial charge in [-0.25, -0.2) is 4.98 Å². The maximum absolute atomic E-state index is 12.1. The smallest absolute Gasteiger partial charge is 0.348 e. The normalized spacial score (nSPS) is 13.4. The van der Waals surface area contributed by atoms with E-state index in [9.17, 15) is 13.2 Å². The molecule has 2 nitrogen and oxygen atoms in total. The molecule has 0 aliphatic heterocycles. The summed E-state index contributed by atoms with van der Waals surface area (Å²) in [7, 11) is 0. The van der Waals surface area contributed by atoms with Gasteiger partial charge in [-0.15, -0.1) is 17.8 Å². The molecule has 14 heavy (non-hydrogen) atoms. The minimum atomic E-state index is -4.39. The van der Waals surface area contributed by atoms with Crippen molar-refractivity contribution in [3.63, 3.8) is 0 Å². The lowest BCUT2D eigenvalue weighted by atomic mass is 10.4. The second-order valence-corrected chi connectivity index (χ2v) is 3.43. The van der Waals surface area contributed by atoms with Gasteiger partial charge in [-0.05, 0) is 6.92 Å². The van der Waals surface area contributed by atoms with Crippen LogP contribution in [0.5, 0.6) is 0 Å². The first-order valence-corrected chi connectivity index (χ1v) is 4.57. The van der Waals surface area contributed by atoms with Crippen molar-refractivity contribution in [1.82, 2.24) is 4.98 Å². The van der Waals surface area contributed by atoms with Crippen LogP contribution in [0.3, 0.4) is 0 Å². The van der Waals surface area contributed by atoms with Crippen LogP contribution in [-0.2, 0) is 6.18 Å². The lowest BCUT2D eigenvalue weighted by molar-refractivity contribution is -0.140. The van der Waals surface area contributed by atoms with Crippen LogP contribution in [0.15, 0.2) is 5.38 Å². The highest BCUT2D eigenvalue weighted by molar-refractivity contribution is 7.13. The molecule has 0 saturated carbocycles. The highest BCUT2D eigenvalue weighted by atomic mass is 32.1. The van der Waals surface area contributed by atoms with Crippen LogP contribution < -0.4 is 5.32 Å². The van der Waals surface area contributed by atoms with Crippen molar-refractivity contribution in [2.24, 2.45) is 0 Å². The number of nitrogens with one attached hydrogen (secondary N) is 1. The fraction of sp³-hybridized carbons (Fsp3) is 0.375. The Morgan fingerprint density at radius 1 is 1.64 bits per heavy atom. The van der Waals surface area contributed by atoms with Gasteiger partial charge in [0, 0.05) is 5.38 Å². The zero-order chi connectivity index (χ0) is 10.8. The van der Waals surface area contributed by atoms with E-state index in [1.54, 1.807) is 6.92 Å². The van der Waals surface area contributed by atoms with Gasteiger partial charge in [-0.1, -0.05) is 5.92 Å². The van der Waals surface area contributed by atoms with Gasteiger partial charge in [0.1, 0.15) is 0 Å². The Hall–Kier alpha value is -1.22. The number of hydrogen-bond donors (Lipinski definition) is 1. The SMILES string of the molecule is C#CC(C)Nc1nc(C(F)(F)F)cs1. The standard InChI is InChI=1S/C8H7F3N2S/c1-3-5(2)12-7-13-6(4-14-7)8(9,10)11/h1,4-5H,2H3,(H,12,13). The van der Waals surface area contributed by atoms with Crippen molar-refractivity contribution < 1.29 is 13.2 Å². The predicted octanol–water partition coefficient (Wildman–Crippen LogP) is 2.60. The Morgan fingerprint density at radius 2 is 2.29 bits per heavy atom. The summed E-state index contributed by atoms with van der Waals surface area (Å²) in [6.45, 7) is 1.66. The van der Waals surface area contributed by atoms with Crippen LogP contribution in [0, 0.1) is 12.3 Å². The van der Waals surface area contributed by atoms with E-state index in [4.69, 9.17) is 6.42 Å². The Morgan fingerprint density at radius 3 is 2.71 bits per heavy atom. The van der Waals surface area contributed by atoms with Crippen molar-refractivity contribution >= 4 is 16.5 Å². The summed E-state index contributed by atoms with van der Waals surface area (Å²) < 4.78 is 36.3. The van der Waals surface area contributed by atoms with E-state index in [1.165, 1.54) is 0 Å². The molecule has 0 aliphatic rings. The van der Waals surface area contributed by atoms with Crippen molar-refractivity contribution in [2.45, 2.75) is 19.1 Å². The van der Waals surface area contributed by atoms with Crippen LogP contribution in [-0.4, -0.2) is 11.0 Å². The minimum Gasteiger partial charge on any atom is -0.348 e. The molecule has 1 aromatic heterocycles. The first-order valence-electron chi connectivity index (χ1n) is 3.69. The second-order valence-electron chi connectivity index (χ2n) is 2.57. The van der Waals surface area contributed by atoms with Gasteiger partial charge in [0.2, 0.25) is 0 Å². The molecule has 1 heterocycles. The average Bonchev–Trinajstić information content (AvgIpc) is 2.51. The van der Waals surface area contributed by atoms with Crippen molar-refractivity contribution in [3.05, 3.63) is 11.1 Å². The molecule has 6 heteroatoms. The molecule has 0 aromatic carbocycles. The highest BCUT2D eigenvalue weighted by Crippen LogP contribution is 2.31. The topological polar surface area (TPSA) is 24.9 Å². The third-order valence-corrected chi connectivity index (χ3v) is 2.16. The number of rotatable bonds is 2. The molecule has 0 bridgehead atoms. The van der Waals surface area contributed by atoms with Gasteiger partial charge in [-0.2, -0.15) is 13.2 Å². The van der Waals surface area contributed by atoms with E-state index >= 15 is 0 Å². The summed E-state index contributed by atoms with van der Waals surface area (Å²) in [6.07, 6.45) is 0.662. The zero-order valence-corrected chi connectivity index (χ0v) is 8.04. The van der Waals surface area contributed by atoms with Gasteiger partial charge in [0.15, 0.2) is 10.8 Å². The van der Waals surface area contributed by atoms with E-state index in [2.05, 4.69) is 16.2 Å². The van der Waals surface area contributed by atoms with Crippen LogP contribution in [0.25, 0.3) is 0 Å². The number of terminal acetylenes is 1. The van der Waals surface area contributed by atoms with Gasteiger partial charge in [-0.3, -0.25) is 0 Å². The minimum absolute atomic E-state index is 0.183. The Kier molecular flexibility index (Phi) is 3.01. The molecule has 0 aliphatic carbocycles. The summed E-state index contributed by atoms with van der Waals surface area (Å²) in [5.41, 5.74) is -0.894. The summed E-state index contributed by atoms with van der Waals surface area (Å²) in [5, 5.41) is 3.79. The van der Waals surface area contributed by atoms with Crippen molar-refractivity contribution in [1.29, 1.82) is 0 Å². The Labute approximate surface area is 83.2 Å². The molecule has 1 unspecified atom stereocenters. The number of thiazole rings is 1. The molecule has 76 valence electrons. The monoisotopic (exact) mass is 220 g/mol. The quantitative estimate of drug-likeness (QED) is 0.775. The van der Waals surface area contributed by atoms with Crippen LogP contribution in [0.1, 0.15) is 12.6 Å². The third kappa shape index (κ3) is 2.64. The number of anilines is 1. The number of halogens is 3. The molecular weight excluding hydrogens is 213 g/mol. The van der Waals surface area contributed by atoms with Gasteiger partial charge >= 0.3 is 6.18 Å². The number of nitrogens with zero attached hydrogens (tertiary/aromatic N) is 1. The lowest BCUT2D eigenvalue weighted by Gasteiger charge is -2.04. The molecule has 0 fully saturated rings. The van der Waals surface area contributed by atoms with E-state index in [0.717, 1.165) is 16.7 Å². The maximum Gasteiger partial charge on any atom is 0.434 e. The van der Waals surface area contributed by atoms with Crippen LogP contribution in [0.2, 0.25) is 0 Å². The van der Waals surface area contributed by atoms with Gasteiger partial charge < -0.3 is 5.32 Å². The number of hydrogen-bond acceptors (Lipinski definition) is 3. The maximum atomic E-state index is 12.1. The van der Waals surface area contributed by atoms with Gasteiger partial charge in [0.05, 0.1) is 6.04 Å². The number of aromatic nitrogens is 1. The second kappa shape index (κ2) is 3.88. The molecular formula is C8H7F3N2S. The summed E-state index contributed by atoms with van der Waals surface area (Å²) in [6, 6.07) is -0.331. The summed E-state index contributed by atoms with van der Waals surface area (Å²) >= 11 is 0.882. The molecule has 1 N–H and O–H groups in total. The van der Waals surface area contributed by atoms with E-state index in [-0.39, 0.29) is 11.2 Å². The van der Waals surface area contributed by atoms with E-state index in [0.29, 0.717) is 0 Å². The fourth-order valence-corrected chi connectivity index (χ4v) is 1.50. The first kappa shape index (κ1) is 10.9. The summed E-state index contributed by atoms with van der Waals surface area (Å²) in [4.78, 5) is 3.36. The third-order valence-electron chi connectivity index (χ3n) is 1.38. The molecule has 0 saturated heterocycles. The average molecular weight is 220 g/mol. The lowest BCUT2D eigenvalue weighted by Crippen LogP contribution is -2.12. The fourth-order valence-electron chi connectivity index (χ4n) is 0.697. The van der Waals surface area contributed by atoms with E-state index < -0.39 is 11.9 Å². The predicted molar refractivity (Wildman–Crippen MR) is 49.0 cm³/mol. The Bertz CT molecular complexity index is 350. The highest BCUT2D eigenvalue weighted by Gasteiger charge is 2.33. The van der Waals surface area contributed by atoms with Crippen molar-refractivity contribution in [3.8, 4) is 12.3 Å². The molecule has 0 spiro atoms. The summed E-state index contributed by atoms with van der Waals surface area (Å²) in [5.74, 6) is 2.34. The molecule has 1 aromatic rings. The number of alkyl halides is 3. The molecule has 1 rings (SSSR count). The zero-order valence-electron chi connectivity index (χ0n) is 7.22. The molecule has 1 atom stereocenters. The van der Waals surface area contributed by atoms with Crippen molar-refractivity contribution in [2.75, 3.05) is 5.32 Å². The van der Waals surface area contributed by atoms with Gasteiger partial charge in [0.25, 0.3) is 0 Å². The Balaban J connectivity index is 2.75. The van der Waals surface area contributed by atoms with E-state index in [1.807, 2.05) is 0 Å². The van der Waals surface area contributed by atoms with Crippen LogP contribution >= 0.6 is 11.3 Å². The first-order chi connectivity index (χ1) is 6.43. The molecule has 0 amide bonds.